The summed E-state index contributed by atoms with van der Waals surface area (Å²) in [6, 6.07) is 0.761. The second kappa shape index (κ2) is 6.78. The summed E-state index contributed by atoms with van der Waals surface area (Å²) in [6.45, 7) is 1.39. The second-order valence-corrected chi connectivity index (χ2v) is 8.45. The van der Waals surface area contributed by atoms with E-state index in [2.05, 4.69) is 0 Å². The van der Waals surface area contributed by atoms with Crippen molar-refractivity contribution in [2.24, 2.45) is 5.92 Å². The third kappa shape index (κ3) is 2.79. The SMILES string of the molecule is O=CN1CCCC2CN(c3c(F)cc4c(=O)c(C(=O)O)cn(C5CC5)c4c3F)CC21. The van der Waals surface area contributed by atoms with Gasteiger partial charge in [-0.25, -0.2) is 13.6 Å². The van der Waals surface area contributed by atoms with Crippen molar-refractivity contribution in [2.75, 3.05) is 24.5 Å². The minimum Gasteiger partial charge on any atom is -0.477 e. The highest BCUT2D eigenvalue weighted by Crippen LogP contribution is 2.41. The van der Waals surface area contributed by atoms with E-state index in [1.54, 1.807) is 9.80 Å². The summed E-state index contributed by atoms with van der Waals surface area (Å²) in [5.74, 6) is -3.02. The first kappa shape index (κ1) is 19.0. The second-order valence-electron chi connectivity index (χ2n) is 8.45. The number of carboxylic acids is 1. The molecule has 2 saturated heterocycles. The number of nitrogens with zero attached hydrogens (tertiary/aromatic N) is 3. The van der Waals surface area contributed by atoms with Crippen molar-refractivity contribution in [2.45, 2.75) is 37.8 Å². The number of carbonyl (C=O) groups excluding carboxylic acids is 1. The fourth-order valence-electron chi connectivity index (χ4n) is 5.04. The molecular formula is C21H21F2N3O4. The Hall–Kier alpha value is -2.97. The summed E-state index contributed by atoms with van der Waals surface area (Å²) in [5, 5.41) is 9.08. The van der Waals surface area contributed by atoms with Crippen molar-refractivity contribution in [3.05, 3.63) is 39.7 Å². The largest absolute Gasteiger partial charge is 0.477 e. The monoisotopic (exact) mass is 417 g/mol. The number of aromatic nitrogens is 1. The number of halogens is 2. The van der Waals surface area contributed by atoms with Gasteiger partial charge < -0.3 is 19.5 Å². The van der Waals surface area contributed by atoms with Gasteiger partial charge in [0.1, 0.15) is 17.1 Å². The molecule has 3 fully saturated rings. The lowest BCUT2D eigenvalue weighted by atomic mass is 9.93. The number of anilines is 1. The van der Waals surface area contributed by atoms with Crippen LogP contribution in [0.25, 0.3) is 10.9 Å². The molecule has 1 saturated carbocycles. The maximum atomic E-state index is 15.7. The average molecular weight is 417 g/mol. The molecule has 0 bridgehead atoms. The Bertz CT molecular complexity index is 1130. The molecule has 1 aromatic heterocycles. The number of hydrogen-bond acceptors (Lipinski definition) is 4. The Balaban J connectivity index is 1.67. The Kier molecular flexibility index (Phi) is 4.30. The van der Waals surface area contributed by atoms with E-state index in [1.165, 1.54) is 10.8 Å². The molecule has 30 heavy (non-hydrogen) atoms. The number of aromatic carboxylic acids is 1. The van der Waals surface area contributed by atoms with Crippen LogP contribution in [0.2, 0.25) is 0 Å². The van der Waals surface area contributed by atoms with Gasteiger partial charge in [-0.3, -0.25) is 9.59 Å². The molecule has 7 nitrogen and oxygen atoms in total. The first-order valence-corrected chi connectivity index (χ1v) is 10.2. The molecule has 1 amide bonds. The van der Waals surface area contributed by atoms with Gasteiger partial charge in [0.15, 0.2) is 5.82 Å². The van der Waals surface area contributed by atoms with Gasteiger partial charge in [-0.05, 0) is 37.7 Å². The van der Waals surface area contributed by atoms with E-state index in [1.807, 2.05) is 0 Å². The van der Waals surface area contributed by atoms with Crippen molar-refractivity contribution in [1.29, 1.82) is 0 Å². The maximum Gasteiger partial charge on any atom is 0.341 e. The Morgan fingerprint density at radius 1 is 1.20 bits per heavy atom. The van der Waals surface area contributed by atoms with Gasteiger partial charge in [0.25, 0.3) is 0 Å². The number of carboxylic acid groups (broad SMARTS) is 1. The van der Waals surface area contributed by atoms with Gasteiger partial charge in [-0.2, -0.15) is 0 Å². The summed E-state index contributed by atoms with van der Waals surface area (Å²) in [7, 11) is 0. The zero-order valence-corrected chi connectivity index (χ0v) is 16.2. The zero-order valence-electron chi connectivity index (χ0n) is 16.2. The van der Waals surface area contributed by atoms with E-state index >= 15 is 8.78 Å². The number of rotatable bonds is 4. The van der Waals surface area contributed by atoms with E-state index in [9.17, 15) is 19.5 Å². The lowest BCUT2D eigenvalue weighted by molar-refractivity contribution is -0.121. The number of carbonyl (C=O) groups is 2. The number of pyridine rings is 1. The van der Waals surface area contributed by atoms with Crippen LogP contribution < -0.4 is 10.3 Å². The highest BCUT2D eigenvalue weighted by atomic mass is 19.1. The van der Waals surface area contributed by atoms with Crippen molar-refractivity contribution in [3.63, 3.8) is 0 Å². The van der Waals surface area contributed by atoms with Crippen LogP contribution in [0.5, 0.6) is 0 Å². The zero-order chi connectivity index (χ0) is 21.2. The van der Waals surface area contributed by atoms with Crippen molar-refractivity contribution in [1.82, 2.24) is 9.47 Å². The first-order chi connectivity index (χ1) is 14.4. The highest BCUT2D eigenvalue weighted by Gasteiger charge is 2.41. The predicted molar refractivity (Wildman–Crippen MR) is 105 cm³/mol. The van der Waals surface area contributed by atoms with E-state index < -0.39 is 28.6 Å². The molecular weight excluding hydrogens is 396 g/mol. The van der Waals surface area contributed by atoms with Crippen LogP contribution in [0.4, 0.5) is 14.5 Å². The molecule has 1 aromatic carbocycles. The van der Waals surface area contributed by atoms with Crippen LogP contribution >= 0.6 is 0 Å². The van der Waals surface area contributed by atoms with E-state index in [0.29, 0.717) is 19.6 Å². The molecule has 2 aliphatic heterocycles. The van der Waals surface area contributed by atoms with Gasteiger partial charge in [-0.1, -0.05) is 0 Å². The number of benzene rings is 1. The van der Waals surface area contributed by atoms with Gasteiger partial charge in [-0.15, -0.1) is 0 Å². The Labute approximate surface area is 170 Å². The van der Waals surface area contributed by atoms with Gasteiger partial charge in [0.05, 0.1) is 16.9 Å². The first-order valence-electron chi connectivity index (χ1n) is 10.2. The molecule has 5 rings (SSSR count). The minimum atomic E-state index is -1.42. The summed E-state index contributed by atoms with van der Waals surface area (Å²) < 4.78 is 32.3. The summed E-state index contributed by atoms with van der Waals surface area (Å²) in [5.41, 5.74) is -1.64. The fourth-order valence-corrected chi connectivity index (χ4v) is 5.04. The van der Waals surface area contributed by atoms with Crippen molar-refractivity contribution >= 4 is 29.0 Å². The number of amides is 1. The molecule has 3 heterocycles. The van der Waals surface area contributed by atoms with Crippen LogP contribution in [0.15, 0.2) is 17.1 Å². The Morgan fingerprint density at radius 2 is 1.97 bits per heavy atom. The quantitative estimate of drug-likeness (QED) is 0.773. The number of hydrogen-bond donors (Lipinski definition) is 1. The normalized spacial score (nSPS) is 23.7. The molecule has 0 spiro atoms. The van der Waals surface area contributed by atoms with E-state index in [0.717, 1.165) is 38.2 Å². The van der Waals surface area contributed by atoms with Crippen LogP contribution in [-0.2, 0) is 4.79 Å². The number of fused-ring (bicyclic) bond motifs is 2. The molecule has 2 unspecified atom stereocenters. The molecule has 2 aromatic rings. The summed E-state index contributed by atoms with van der Waals surface area (Å²) >= 11 is 0. The number of likely N-dealkylation sites (tertiary alicyclic amines) is 1. The van der Waals surface area contributed by atoms with Gasteiger partial charge in [0, 0.05) is 31.9 Å². The van der Waals surface area contributed by atoms with Gasteiger partial charge in [0.2, 0.25) is 11.8 Å². The molecule has 158 valence electrons. The fraction of sp³-hybridized carbons (Fsp3) is 0.476. The molecule has 1 N–H and O–H groups in total. The maximum absolute atomic E-state index is 15.7. The van der Waals surface area contributed by atoms with Crippen molar-refractivity contribution < 1.29 is 23.5 Å². The number of piperidine rings is 1. The topological polar surface area (TPSA) is 82.8 Å². The molecule has 1 aliphatic carbocycles. The smallest absolute Gasteiger partial charge is 0.341 e. The van der Waals surface area contributed by atoms with Crippen LogP contribution in [-0.4, -0.2) is 52.6 Å². The summed E-state index contributed by atoms with van der Waals surface area (Å²) in [4.78, 5) is 38.8. The Morgan fingerprint density at radius 3 is 2.63 bits per heavy atom. The summed E-state index contributed by atoms with van der Waals surface area (Å²) in [6.07, 6.45) is 5.20. The van der Waals surface area contributed by atoms with Gasteiger partial charge >= 0.3 is 5.97 Å². The van der Waals surface area contributed by atoms with Crippen LogP contribution in [0.3, 0.4) is 0 Å². The minimum absolute atomic E-state index is 0.0500. The standard InChI is InChI=1S/C21H21F2N3O4/c22-15-6-13-18(26(12-3-4-12)8-14(20(13)28)21(29)30)17(23)19(15)25-7-11-2-1-5-24(10-27)16(11)9-25/h6,8,10-12,16H,1-5,7,9H2,(H,29,30). The van der Waals surface area contributed by atoms with Crippen LogP contribution in [0, 0.1) is 17.6 Å². The molecule has 2 atom stereocenters. The predicted octanol–water partition coefficient (Wildman–Crippen LogP) is 2.37. The van der Waals surface area contributed by atoms with E-state index in [-0.39, 0.29) is 34.6 Å². The lowest BCUT2D eigenvalue weighted by Gasteiger charge is -2.33. The third-order valence-corrected chi connectivity index (χ3v) is 6.63. The average Bonchev–Trinajstić information content (AvgIpc) is 3.46. The third-order valence-electron chi connectivity index (χ3n) is 6.63. The highest BCUT2D eigenvalue weighted by molar-refractivity contribution is 5.94. The molecule has 3 aliphatic rings. The van der Waals surface area contributed by atoms with E-state index in [4.69, 9.17) is 0 Å². The molecule has 9 heteroatoms. The molecule has 0 radical (unpaired) electrons. The lowest BCUT2D eigenvalue weighted by Crippen LogP contribution is -2.44. The van der Waals surface area contributed by atoms with Crippen LogP contribution in [0.1, 0.15) is 42.1 Å². The van der Waals surface area contributed by atoms with Crippen molar-refractivity contribution in [3.8, 4) is 0 Å².